The topological polar surface area (TPSA) is 98.7 Å². The summed E-state index contributed by atoms with van der Waals surface area (Å²) in [6, 6.07) is 11.0. The molecule has 7 nitrogen and oxygen atoms in total. The minimum absolute atomic E-state index is 0.0609. The molecule has 2 atom stereocenters. The van der Waals surface area contributed by atoms with Crippen LogP contribution in [0.5, 0.6) is 0 Å². The average molecular weight is 580 g/mol. The maximum atomic E-state index is 15.4. The van der Waals surface area contributed by atoms with E-state index in [9.17, 15) is 23.7 Å². The van der Waals surface area contributed by atoms with Crippen LogP contribution in [0.1, 0.15) is 6.42 Å². The third-order valence-electron chi connectivity index (χ3n) is 6.50. The highest BCUT2D eigenvalue weighted by Crippen LogP contribution is 2.41. The Bertz CT molecular complexity index is 1480. The van der Waals surface area contributed by atoms with Crippen LogP contribution in [0.25, 0.3) is 11.1 Å². The quantitative estimate of drug-likeness (QED) is 0.335. The zero-order valence-electron chi connectivity index (χ0n) is 21.1. The molecular formula is C27H26ClF3N3O4P. The number of rotatable bonds is 7. The number of anilines is 2. The van der Waals surface area contributed by atoms with Crippen LogP contribution < -0.4 is 20.8 Å². The molecule has 39 heavy (non-hydrogen) atoms. The van der Waals surface area contributed by atoms with Crippen molar-refractivity contribution in [2.24, 2.45) is 5.92 Å². The summed E-state index contributed by atoms with van der Waals surface area (Å²) in [6.07, 6.45) is 0.0609. The van der Waals surface area contributed by atoms with E-state index in [0.717, 1.165) is 11.0 Å². The zero-order chi connectivity index (χ0) is 28.5. The summed E-state index contributed by atoms with van der Waals surface area (Å²) in [4.78, 5) is 26.4. The molecule has 4 rings (SSSR count). The van der Waals surface area contributed by atoms with Crippen LogP contribution in [0.3, 0.4) is 0 Å². The van der Waals surface area contributed by atoms with Gasteiger partial charge in [0, 0.05) is 22.4 Å². The van der Waals surface area contributed by atoms with Crippen LogP contribution in [0.15, 0.2) is 54.6 Å². The summed E-state index contributed by atoms with van der Waals surface area (Å²) in [7, 11) is -2.82. The second kappa shape index (κ2) is 11.4. The van der Waals surface area contributed by atoms with Gasteiger partial charge in [-0.2, -0.15) is 0 Å². The van der Waals surface area contributed by atoms with Crippen molar-refractivity contribution in [2.75, 3.05) is 36.7 Å². The molecule has 1 aliphatic heterocycles. The number of benzene rings is 3. The van der Waals surface area contributed by atoms with Crippen molar-refractivity contribution >= 4 is 47.4 Å². The van der Waals surface area contributed by atoms with Gasteiger partial charge in [-0.15, -0.1) is 0 Å². The van der Waals surface area contributed by atoms with Crippen molar-refractivity contribution in [1.29, 1.82) is 0 Å². The lowest BCUT2D eigenvalue weighted by atomic mass is 10.0. The van der Waals surface area contributed by atoms with Crippen LogP contribution >= 0.6 is 18.7 Å². The molecule has 0 bridgehead atoms. The summed E-state index contributed by atoms with van der Waals surface area (Å²) >= 11 is 5.70. The molecule has 3 N–H and O–H groups in total. The molecule has 206 valence electrons. The number of aliphatic hydroxyl groups is 1. The van der Waals surface area contributed by atoms with Crippen LogP contribution in [0.4, 0.5) is 29.3 Å². The largest absolute Gasteiger partial charge is 0.394 e. The number of carbonyl (C=O) groups excluding carboxylic acids is 2. The predicted molar refractivity (Wildman–Crippen MR) is 146 cm³/mol. The molecule has 1 aliphatic rings. The van der Waals surface area contributed by atoms with Gasteiger partial charge in [0.1, 0.15) is 13.0 Å². The summed E-state index contributed by atoms with van der Waals surface area (Å²) in [5.74, 6) is -4.73. The molecule has 1 unspecified atom stereocenters. The highest BCUT2D eigenvalue weighted by molar-refractivity contribution is 7.70. The number of halogens is 4. The molecule has 0 radical (unpaired) electrons. The van der Waals surface area contributed by atoms with Crippen molar-refractivity contribution in [1.82, 2.24) is 5.32 Å². The van der Waals surface area contributed by atoms with E-state index in [1.54, 1.807) is 24.3 Å². The normalized spacial score (nSPS) is 17.4. The third kappa shape index (κ3) is 5.98. The Morgan fingerprint density at radius 2 is 1.79 bits per heavy atom. The Kier molecular flexibility index (Phi) is 8.39. The van der Waals surface area contributed by atoms with Crippen molar-refractivity contribution in [2.45, 2.75) is 12.5 Å². The number of amides is 3. The van der Waals surface area contributed by atoms with Gasteiger partial charge in [0.15, 0.2) is 11.6 Å². The lowest BCUT2D eigenvalue weighted by molar-refractivity contribution is -0.120. The molecule has 0 aromatic heterocycles. The number of nitrogens with zero attached hydrogens (tertiary/aromatic N) is 1. The standard InChI is InChI=1S/C27H26ClF3N3O4P/c1-39(2,38)23-6-4-3-5-18(23)19-8-10-22(25(31)24(19)30)34-17(14-35)11-15(26(34)36)13-32-27(37)33-21-9-7-16(28)12-20(21)29/h3-10,12,15,17,35H,11,13-14H2,1-2H3,(H2,32,33,37)/t15?,17-/m0/s1. The minimum atomic E-state index is -2.82. The van der Waals surface area contributed by atoms with Crippen molar-refractivity contribution in [3.05, 3.63) is 77.1 Å². The Morgan fingerprint density at radius 1 is 1.08 bits per heavy atom. The van der Waals surface area contributed by atoms with E-state index < -0.39 is 55.1 Å². The van der Waals surface area contributed by atoms with Gasteiger partial charge in [0.2, 0.25) is 5.91 Å². The number of nitrogens with one attached hydrogen (secondary N) is 2. The number of hydrogen-bond donors (Lipinski definition) is 3. The fourth-order valence-corrected chi connectivity index (χ4v) is 6.01. The summed E-state index contributed by atoms with van der Waals surface area (Å²) in [5.41, 5.74) is -0.298. The second-order valence-corrected chi connectivity index (χ2v) is 13.2. The Labute approximate surface area is 228 Å². The first-order chi connectivity index (χ1) is 18.4. The van der Waals surface area contributed by atoms with E-state index >= 15 is 8.78 Å². The second-order valence-electron chi connectivity index (χ2n) is 9.56. The molecule has 3 aromatic carbocycles. The Morgan fingerprint density at radius 3 is 2.46 bits per heavy atom. The number of aliphatic hydroxyl groups excluding tert-OH is 1. The molecule has 1 heterocycles. The van der Waals surface area contributed by atoms with Crippen molar-refractivity contribution in [3.8, 4) is 11.1 Å². The first-order valence-corrected chi connectivity index (χ1v) is 15.0. The molecule has 1 saturated heterocycles. The number of carbonyl (C=O) groups is 2. The maximum absolute atomic E-state index is 15.4. The Balaban J connectivity index is 1.54. The molecule has 12 heteroatoms. The van der Waals surface area contributed by atoms with Gasteiger partial charge in [-0.1, -0.05) is 35.9 Å². The SMILES string of the molecule is CP(C)(=O)c1ccccc1-c1ccc(N2C(=O)C(CNC(=O)Nc3ccc(Cl)cc3F)C[C@H]2CO)c(F)c1F. The van der Waals surface area contributed by atoms with Crippen molar-refractivity contribution < 1.29 is 32.4 Å². The minimum Gasteiger partial charge on any atom is -0.394 e. The highest BCUT2D eigenvalue weighted by Gasteiger charge is 2.41. The molecule has 0 spiro atoms. The molecule has 1 fully saturated rings. The maximum Gasteiger partial charge on any atom is 0.319 e. The molecule has 0 aliphatic carbocycles. The monoisotopic (exact) mass is 579 g/mol. The van der Waals surface area contributed by atoms with E-state index in [-0.39, 0.29) is 40.5 Å². The zero-order valence-corrected chi connectivity index (χ0v) is 22.7. The predicted octanol–water partition coefficient (Wildman–Crippen LogP) is 5.21. The van der Waals surface area contributed by atoms with Crippen LogP contribution in [-0.2, 0) is 9.36 Å². The van der Waals surface area contributed by atoms with Crippen LogP contribution in [0.2, 0.25) is 5.02 Å². The van der Waals surface area contributed by atoms with Gasteiger partial charge in [-0.05, 0) is 55.6 Å². The van der Waals surface area contributed by atoms with E-state index in [0.29, 0.717) is 5.30 Å². The molecule has 3 amide bonds. The number of hydrogen-bond acceptors (Lipinski definition) is 4. The van der Waals surface area contributed by atoms with Gasteiger partial charge in [0.25, 0.3) is 0 Å². The lowest BCUT2D eigenvalue weighted by Gasteiger charge is -2.25. The summed E-state index contributed by atoms with van der Waals surface area (Å²) < 4.78 is 57.5. The fourth-order valence-electron chi connectivity index (χ4n) is 4.63. The number of urea groups is 1. The van der Waals surface area contributed by atoms with Gasteiger partial charge in [0.05, 0.1) is 29.9 Å². The van der Waals surface area contributed by atoms with Crippen LogP contribution in [-0.4, -0.2) is 49.6 Å². The van der Waals surface area contributed by atoms with E-state index in [1.165, 1.54) is 37.6 Å². The summed E-state index contributed by atoms with van der Waals surface area (Å²) in [5, 5.41) is 15.2. The molecular weight excluding hydrogens is 554 g/mol. The van der Waals surface area contributed by atoms with Gasteiger partial charge >= 0.3 is 6.03 Å². The first-order valence-electron chi connectivity index (χ1n) is 12.0. The molecule has 0 saturated carbocycles. The smallest absolute Gasteiger partial charge is 0.319 e. The molecule has 3 aromatic rings. The van der Waals surface area contributed by atoms with E-state index in [4.69, 9.17) is 11.6 Å². The average Bonchev–Trinajstić information content (AvgIpc) is 3.20. The summed E-state index contributed by atoms with van der Waals surface area (Å²) in [6.45, 7) is 2.35. The van der Waals surface area contributed by atoms with Crippen LogP contribution in [0, 0.1) is 23.4 Å². The van der Waals surface area contributed by atoms with Gasteiger partial charge in [-0.25, -0.2) is 18.0 Å². The highest BCUT2D eigenvalue weighted by atomic mass is 35.5. The lowest BCUT2D eigenvalue weighted by Crippen LogP contribution is -2.39. The third-order valence-corrected chi connectivity index (χ3v) is 8.29. The van der Waals surface area contributed by atoms with E-state index in [1.807, 2.05) is 0 Å². The first kappa shape index (κ1) is 28.7. The van der Waals surface area contributed by atoms with Gasteiger partial charge < -0.3 is 25.2 Å². The van der Waals surface area contributed by atoms with Gasteiger partial charge in [-0.3, -0.25) is 4.79 Å². The Hall–Kier alpha value is -3.33. The van der Waals surface area contributed by atoms with Crippen molar-refractivity contribution in [3.63, 3.8) is 0 Å². The fraction of sp³-hybridized carbons (Fsp3) is 0.259. The van der Waals surface area contributed by atoms with E-state index in [2.05, 4.69) is 10.6 Å².